The third kappa shape index (κ3) is 15.8. The average molecular weight is 176 g/mol. The summed E-state index contributed by atoms with van der Waals surface area (Å²) in [6.07, 6.45) is 0. The lowest BCUT2D eigenvalue weighted by molar-refractivity contribution is -0.345. The van der Waals surface area contributed by atoms with Gasteiger partial charge in [-0.25, -0.2) is 0 Å². The smallest absolute Gasteiger partial charge is 0.302 e. The fourth-order valence-electron chi connectivity index (χ4n) is 0.203. The van der Waals surface area contributed by atoms with Gasteiger partial charge in [0.15, 0.2) is 0 Å². The molecule has 0 heterocycles. The van der Waals surface area contributed by atoms with Gasteiger partial charge in [-0.2, -0.15) is 0 Å². The van der Waals surface area contributed by atoms with E-state index in [9.17, 15) is 4.79 Å². The van der Waals surface area contributed by atoms with Crippen LogP contribution in [0.2, 0.25) is 0 Å². The fraction of sp³-hybridized carbons (Fsp3) is 0.500. The molecular formula is C6H8O6-2. The van der Waals surface area contributed by atoms with E-state index in [1.165, 1.54) is 6.92 Å². The van der Waals surface area contributed by atoms with Crippen molar-refractivity contribution in [3.63, 3.8) is 0 Å². The highest BCUT2D eigenvalue weighted by Gasteiger charge is 1.81. The minimum atomic E-state index is -2.19. The first-order valence-corrected chi connectivity index (χ1v) is 2.97. The van der Waals surface area contributed by atoms with Crippen LogP contribution < -0.4 is 10.2 Å². The molecule has 0 bridgehead atoms. The molecule has 0 aromatic carbocycles. The molecule has 0 atom stereocenters. The van der Waals surface area contributed by atoms with Crippen LogP contribution in [-0.2, 0) is 19.1 Å². The first-order chi connectivity index (χ1) is 5.41. The molecule has 0 amide bonds. The average Bonchev–Trinajstić information content (AvgIpc) is 1.87. The Bertz CT molecular complexity index is 161. The van der Waals surface area contributed by atoms with Crippen LogP contribution in [-0.4, -0.2) is 24.5 Å². The van der Waals surface area contributed by atoms with Gasteiger partial charge < -0.3 is 24.5 Å². The Morgan fingerprint density at radius 3 is 1.50 bits per heavy atom. The minimum Gasteiger partial charge on any atom is -0.543 e. The molecule has 0 N–H and O–H groups in total. The van der Waals surface area contributed by atoms with E-state index in [1.807, 2.05) is 0 Å². The van der Waals surface area contributed by atoms with E-state index < -0.39 is 11.9 Å². The van der Waals surface area contributed by atoms with Crippen LogP contribution in [0.5, 0.6) is 0 Å². The summed E-state index contributed by atoms with van der Waals surface area (Å²) < 4.78 is 4.40. The van der Waals surface area contributed by atoms with Gasteiger partial charge in [0.05, 0.1) is 18.5 Å². The summed E-state index contributed by atoms with van der Waals surface area (Å²) in [6, 6.07) is 0. The maximum atomic E-state index is 9.82. The van der Waals surface area contributed by atoms with Crippen molar-refractivity contribution in [3.05, 3.63) is 0 Å². The van der Waals surface area contributed by atoms with Crippen LogP contribution in [0.15, 0.2) is 0 Å². The minimum absolute atomic E-state index is 0.211. The molecule has 0 saturated carbocycles. The van der Waals surface area contributed by atoms with Gasteiger partial charge in [0.25, 0.3) is 0 Å². The van der Waals surface area contributed by atoms with Crippen LogP contribution in [0.3, 0.4) is 0 Å². The molecule has 0 radical (unpaired) electrons. The molecule has 70 valence electrons. The maximum absolute atomic E-state index is 9.82. The lowest BCUT2D eigenvalue weighted by Gasteiger charge is -1.97. The number of hydrogen-bond acceptors (Lipinski definition) is 6. The number of carboxylic acid groups (broad SMARTS) is 2. The zero-order valence-corrected chi connectivity index (χ0v) is 6.66. The Morgan fingerprint density at radius 2 is 1.50 bits per heavy atom. The molecule has 0 unspecified atom stereocenters. The topological polar surface area (TPSA) is 107 Å². The zero-order valence-electron chi connectivity index (χ0n) is 6.66. The van der Waals surface area contributed by atoms with Crippen LogP contribution in [0.4, 0.5) is 0 Å². The second kappa shape index (κ2) is 7.52. The summed E-state index contributed by atoms with van der Waals surface area (Å²) in [6.45, 7) is 3.65. The quantitative estimate of drug-likeness (QED) is 0.312. The fourth-order valence-corrected chi connectivity index (χ4v) is 0.203. The highest BCUT2D eigenvalue weighted by atomic mass is 16.5. The van der Waals surface area contributed by atoms with E-state index in [4.69, 9.17) is 19.8 Å². The summed E-state index contributed by atoms with van der Waals surface area (Å²) in [5.74, 6) is -4.58. The number of aliphatic carboxylic acids is 2. The van der Waals surface area contributed by atoms with E-state index >= 15 is 0 Å². The Morgan fingerprint density at radius 1 is 1.17 bits per heavy atom. The van der Waals surface area contributed by atoms with Gasteiger partial charge in [0, 0.05) is 6.92 Å². The van der Waals surface area contributed by atoms with Crippen LogP contribution in [0, 0.1) is 0 Å². The molecule has 12 heavy (non-hydrogen) atoms. The number of hydrogen-bond donors (Lipinski definition) is 0. The van der Waals surface area contributed by atoms with Gasteiger partial charge in [-0.3, -0.25) is 4.79 Å². The van der Waals surface area contributed by atoms with Gasteiger partial charge in [-0.15, -0.1) is 0 Å². The van der Waals surface area contributed by atoms with Gasteiger partial charge in [0.1, 0.15) is 0 Å². The van der Waals surface area contributed by atoms with Gasteiger partial charge in [-0.05, 0) is 6.92 Å². The highest BCUT2D eigenvalue weighted by molar-refractivity contribution is 6.25. The first-order valence-electron chi connectivity index (χ1n) is 2.97. The van der Waals surface area contributed by atoms with Crippen LogP contribution >= 0.6 is 0 Å². The molecule has 0 aliphatic heterocycles. The van der Waals surface area contributed by atoms with E-state index in [0.717, 1.165) is 0 Å². The normalized spacial score (nSPS) is 7.50. The van der Waals surface area contributed by atoms with Crippen molar-refractivity contribution < 1.29 is 29.3 Å². The van der Waals surface area contributed by atoms with E-state index in [2.05, 4.69) is 4.74 Å². The van der Waals surface area contributed by atoms with Crippen molar-refractivity contribution in [1.29, 1.82) is 0 Å². The van der Waals surface area contributed by atoms with Crippen molar-refractivity contribution in [2.24, 2.45) is 0 Å². The Hall–Kier alpha value is -1.59. The summed E-state index contributed by atoms with van der Waals surface area (Å²) in [5, 5.41) is 17.9. The van der Waals surface area contributed by atoms with Gasteiger partial charge >= 0.3 is 5.97 Å². The summed E-state index contributed by atoms with van der Waals surface area (Å²) in [4.78, 5) is 27.7. The zero-order chi connectivity index (χ0) is 10.1. The maximum Gasteiger partial charge on any atom is 0.302 e. The lowest BCUT2D eigenvalue weighted by atomic mass is 10.7. The predicted octanol–water partition coefficient (Wildman–Crippen LogP) is -2.94. The van der Waals surface area contributed by atoms with Gasteiger partial charge in [-0.1, -0.05) is 0 Å². The SMILES string of the molecule is CCOC(C)=O.O=C([O-])C(=O)[O-]. The monoisotopic (exact) mass is 176 g/mol. The van der Waals surface area contributed by atoms with E-state index in [-0.39, 0.29) is 5.97 Å². The number of ether oxygens (including phenoxy) is 1. The van der Waals surface area contributed by atoms with Crippen molar-refractivity contribution in [3.8, 4) is 0 Å². The molecule has 0 aromatic rings. The molecule has 0 rings (SSSR count). The molecule has 0 aliphatic rings. The molecule has 0 aliphatic carbocycles. The molecule has 0 aromatic heterocycles. The number of carboxylic acids is 2. The van der Waals surface area contributed by atoms with Crippen molar-refractivity contribution in [2.45, 2.75) is 13.8 Å². The number of esters is 1. The number of carbonyl (C=O) groups is 3. The second-order valence-electron chi connectivity index (χ2n) is 1.50. The Kier molecular flexibility index (Phi) is 8.16. The first kappa shape index (κ1) is 13.0. The number of carbonyl (C=O) groups excluding carboxylic acids is 3. The summed E-state index contributed by atoms with van der Waals surface area (Å²) >= 11 is 0. The Labute approximate surface area is 68.8 Å². The van der Waals surface area contributed by atoms with Crippen LogP contribution in [0.25, 0.3) is 0 Å². The standard InChI is InChI=1S/C4H8O2.C2H2O4/c1-3-6-4(2)5;3-1(4)2(5)6/h3H2,1-2H3;(H,3,4)(H,5,6)/p-2. The predicted molar refractivity (Wildman–Crippen MR) is 32.3 cm³/mol. The molecule has 0 saturated heterocycles. The van der Waals surface area contributed by atoms with E-state index in [1.54, 1.807) is 6.92 Å². The largest absolute Gasteiger partial charge is 0.543 e. The van der Waals surface area contributed by atoms with E-state index in [0.29, 0.717) is 6.61 Å². The molecule has 6 nitrogen and oxygen atoms in total. The third-order valence-corrected chi connectivity index (χ3v) is 0.514. The summed E-state index contributed by atoms with van der Waals surface area (Å²) in [5.41, 5.74) is 0. The Balaban J connectivity index is 0. The molecule has 0 spiro atoms. The van der Waals surface area contributed by atoms with Crippen molar-refractivity contribution in [1.82, 2.24) is 0 Å². The third-order valence-electron chi connectivity index (χ3n) is 0.514. The van der Waals surface area contributed by atoms with Gasteiger partial charge in [0.2, 0.25) is 0 Å². The van der Waals surface area contributed by atoms with Crippen molar-refractivity contribution >= 4 is 17.9 Å². The van der Waals surface area contributed by atoms with Crippen LogP contribution in [0.1, 0.15) is 13.8 Å². The molecular weight excluding hydrogens is 168 g/mol. The lowest BCUT2D eigenvalue weighted by Crippen LogP contribution is -2.42. The molecule has 6 heteroatoms. The molecule has 0 fully saturated rings. The number of rotatable bonds is 1. The summed E-state index contributed by atoms with van der Waals surface area (Å²) in [7, 11) is 0. The second-order valence-corrected chi connectivity index (χ2v) is 1.50. The highest BCUT2D eigenvalue weighted by Crippen LogP contribution is 1.69. The van der Waals surface area contributed by atoms with Crippen molar-refractivity contribution in [2.75, 3.05) is 6.61 Å².